The zero-order valence-electron chi connectivity index (χ0n) is 33.2. The maximum atomic E-state index is 13.5. The predicted octanol–water partition coefficient (Wildman–Crippen LogP) is 11.7. The average Bonchev–Trinajstić information content (AvgIpc) is 3.06. The summed E-state index contributed by atoms with van der Waals surface area (Å²) in [5.41, 5.74) is -0.930. The van der Waals surface area contributed by atoms with Gasteiger partial charge in [0, 0.05) is 5.41 Å². The first kappa shape index (κ1) is 40.0. The third kappa shape index (κ3) is 9.36. The average molecular weight is 709 g/mol. The molecule has 52 heavy (non-hydrogen) atoms. The molecule has 0 radical (unpaired) electrons. The fourth-order valence-corrected chi connectivity index (χ4v) is 4.54. The summed E-state index contributed by atoms with van der Waals surface area (Å²) in [5.74, 6) is 3.07. The van der Waals surface area contributed by atoms with Gasteiger partial charge >= 0.3 is 11.9 Å². The number of hydrogen-bond donors (Lipinski definition) is 0. The Hall–Kier alpha value is -4.78. The number of ether oxygens (including phenoxy) is 5. The van der Waals surface area contributed by atoms with Gasteiger partial charge in [-0.25, -0.2) is 0 Å². The van der Waals surface area contributed by atoms with Gasteiger partial charge < -0.3 is 23.7 Å². The van der Waals surface area contributed by atoms with Crippen LogP contribution in [0, 0.1) is 22.2 Å². The van der Waals surface area contributed by atoms with Crippen molar-refractivity contribution in [3.05, 3.63) is 97.1 Å². The molecular formula is C45H56O7. The van der Waals surface area contributed by atoms with Crippen molar-refractivity contribution in [1.82, 2.24) is 0 Å². The summed E-state index contributed by atoms with van der Waals surface area (Å²) < 4.78 is 30.1. The fourth-order valence-electron chi connectivity index (χ4n) is 4.54. The first-order valence-corrected chi connectivity index (χ1v) is 17.9. The van der Waals surface area contributed by atoms with E-state index in [0.717, 1.165) is 16.9 Å². The minimum absolute atomic E-state index is 0.0277. The van der Waals surface area contributed by atoms with E-state index in [0.29, 0.717) is 28.7 Å². The van der Waals surface area contributed by atoms with Gasteiger partial charge in [-0.05, 0) is 145 Å². The Morgan fingerprint density at radius 2 is 0.769 bits per heavy atom. The SMILES string of the molecule is CC(C)C(C)(C)C(=O)Oc1ccc(-c2ccc(OC(C)(C)C(C)(C)C(=O)Oc3ccc(Oc4ccc(OC(C)(C)C(C)(C)C)cc4)cc3)cc2)cc1. The maximum Gasteiger partial charge on any atom is 0.320 e. The van der Waals surface area contributed by atoms with Crippen molar-refractivity contribution in [3.8, 4) is 45.6 Å². The molecule has 7 nitrogen and oxygen atoms in total. The lowest BCUT2D eigenvalue weighted by molar-refractivity contribution is -0.155. The maximum absolute atomic E-state index is 13.5. The molecule has 0 aromatic heterocycles. The Bertz CT molecular complexity index is 1810. The topological polar surface area (TPSA) is 80.3 Å². The smallest absolute Gasteiger partial charge is 0.320 e. The summed E-state index contributed by atoms with van der Waals surface area (Å²) in [6, 6.07) is 29.6. The van der Waals surface area contributed by atoms with Gasteiger partial charge in [-0.3, -0.25) is 9.59 Å². The standard InChI is InChI=1S/C45H56O7/c1-30(2)42(6,7)39(46)49-35-18-14-31(15-19-35)32-16-20-37(21-17-32)52-45(12,13)43(8,9)40(47)50-36-24-22-33(23-25-36)48-34-26-28-38(29-27-34)51-44(10,11)41(3,4)5/h14-30H,1-13H3. The van der Waals surface area contributed by atoms with Gasteiger partial charge in [0.05, 0.1) is 5.41 Å². The first-order valence-electron chi connectivity index (χ1n) is 17.9. The van der Waals surface area contributed by atoms with Crippen LogP contribution in [-0.2, 0) is 9.59 Å². The van der Waals surface area contributed by atoms with Crippen LogP contribution in [-0.4, -0.2) is 23.1 Å². The van der Waals surface area contributed by atoms with E-state index in [-0.39, 0.29) is 22.9 Å². The van der Waals surface area contributed by atoms with Crippen LogP contribution in [0.25, 0.3) is 11.1 Å². The number of rotatable bonds is 13. The Labute approximate surface area is 310 Å². The lowest BCUT2D eigenvalue weighted by atomic mass is 9.77. The lowest BCUT2D eigenvalue weighted by Gasteiger charge is -2.39. The van der Waals surface area contributed by atoms with E-state index < -0.39 is 22.4 Å². The fraction of sp³-hybridized carbons (Fsp3) is 0.422. The molecule has 0 N–H and O–H groups in total. The summed E-state index contributed by atoms with van der Waals surface area (Å²) >= 11 is 0. The minimum Gasteiger partial charge on any atom is -0.487 e. The monoisotopic (exact) mass is 708 g/mol. The van der Waals surface area contributed by atoms with Crippen LogP contribution in [0.2, 0.25) is 0 Å². The van der Waals surface area contributed by atoms with Crippen LogP contribution in [0.4, 0.5) is 0 Å². The molecule has 0 amide bonds. The molecule has 0 spiro atoms. The molecule has 0 aliphatic heterocycles. The highest BCUT2D eigenvalue weighted by atomic mass is 16.5. The molecule has 0 aliphatic carbocycles. The van der Waals surface area contributed by atoms with Gasteiger partial charge in [0.15, 0.2) is 0 Å². The van der Waals surface area contributed by atoms with Crippen LogP contribution >= 0.6 is 0 Å². The molecule has 4 rings (SSSR count). The molecule has 0 atom stereocenters. The molecule has 0 fully saturated rings. The van der Waals surface area contributed by atoms with E-state index in [1.165, 1.54) is 0 Å². The number of carbonyl (C=O) groups is 2. The van der Waals surface area contributed by atoms with E-state index in [9.17, 15) is 9.59 Å². The molecule has 0 aliphatic rings. The van der Waals surface area contributed by atoms with Gasteiger partial charge in [-0.1, -0.05) is 58.9 Å². The summed E-state index contributed by atoms with van der Waals surface area (Å²) in [5, 5.41) is 0. The van der Waals surface area contributed by atoms with E-state index in [1.807, 2.05) is 116 Å². The Morgan fingerprint density at radius 1 is 0.442 bits per heavy atom. The largest absolute Gasteiger partial charge is 0.487 e. The molecule has 278 valence electrons. The quantitative estimate of drug-likeness (QED) is 0.101. The predicted molar refractivity (Wildman–Crippen MR) is 207 cm³/mol. The normalized spacial score (nSPS) is 12.7. The van der Waals surface area contributed by atoms with Crippen molar-refractivity contribution >= 4 is 11.9 Å². The second kappa shape index (κ2) is 15.1. The highest BCUT2D eigenvalue weighted by Crippen LogP contribution is 2.39. The Balaban J connectivity index is 1.33. The zero-order chi connectivity index (χ0) is 38.7. The van der Waals surface area contributed by atoms with E-state index >= 15 is 0 Å². The third-order valence-corrected chi connectivity index (χ3v) is 10.9. The molecule has 4 aromatic carbocycles. The minimum atomic E-state index is -1.01. The van der Waals surface area contributed by atoms with Gasteiger partial charge in [0.2, 0.25) is 0 Å². The number of carbonyl (C=O) groups excluding carboxylic acids is 2. The number of esters is 2. The first-order chi connectivity index (χ1) is 24.0. The Morgan fingerprint density at radius 3 is 1.17 bits per heavy atom. The van der Waals surface area contributed by atoms with Crippen molar-refractivity contribution in [2.24, 2.45) is 22.2 Å². The van der Waals surface area contributed by atoms with Gasteiger partial charge in [0.1, 0.15) is 51.1 Å². The molecule has 0 bridgehead atoms. The van der Waals surface area contributed by atoms with Crippen LogP contribution < -0.4 is 23.7 Å². The molecule has 0 saturated carbocycles. The van der Waals surface area contributed by atoms with Crippen molar-refractivity contribution < 1.29 is 33.3 Å². The second-order valence-corrected chi connectivity index (χ2v) is 16.8. The third-order valence-electron chi connectivity index (χ3n) is 10.9. The molecule has 0 saturated heterocycles. The number of benzene rings is 4. The summed E-state index contributed by atoms with van der Waals surface area (Å²) in [6.07, 6.45) is 0. The van der Waals surface area contributed by atoms with Crippen molar-refractivity contribution in [2.75, 3.05) is 0 Å². The zero-order valence-corrected chi connectivity index (χ0v) is 33.2. The summed E-state index contributed by atoms with van der Waals surface area (Å²) in [7, 11) is 0. The molecule has 4 aromatic rings. The highest BCUT2D eigenvalue weighted by molar-refractivity contribution is 5.80. The van der Waals surface area contributed by atoms with Crippen LogP contribution in [0.5, 0.6) is 34.5 Å². The number of hydrogen-bond acceptors (Lipinski definition) is 7. The summed E-state index contributed by atoms with van der Waals surface area (Å²) in [4.78, 5) is 26.1. The summed E-state index contributed by atoms with van der Waals surface area (Å²) in [6.45, 7) is 25.8. The van der Waals surface area contributed by atoms with Gasteiger partial charge in [-0.15, -0.1) is 0 Å². The van der Waals surface area contributed by atoms with E-state index in [4.69, 9.17) is 23.7 Å². The molecule has 7 heteroatoms. The molecular weight excluding hydrogens is 652 g/mol. The van der Waals surface area contributed by atoms with Gasteiger partial charge in [-0.2, -0.15) is 0 Å². The van der Waals surface area contributed by atoms with Crippen LogP contribution in [0.15, 0.2) is 97.1 Å². The highest BCUT2D eigenvalue weighted by Gasteiger charge is 2.47. The van der Waals surface area contributed by atoms with Crippen LogP contribution in [0.1, 0.15) is 90.0 Å². The molecule has 0 unspecified atom stereocenters. The lowest BCUT2D eigenvalue weighted by Crippen LogP contribution is -2.51. The van der Waals surface area contributed by atoms with Crippen LogP contribution in [0.3, 0.4) is 0 Å². The molecule has 0 heterocycles. The second-order valence-electron chi connectivity index (χ2n) is 16.8. The Kier molecular flexibility index (Phi) is 11.6. The van der Waals surface area contributed by atoms with E-state index in [1.54, 1.807) is 36.4 Å². The van der Waals surface area contributed by atoms with E-state index in [2.05, 4.69) is 34.6 Å². The van der Waals surface area contributed by atoms with Crippen molar-refractivity contribution in [2.45, 2.75) is 101 Å². The van der Waals surface area contributed by atoms with Crippen molar-refractivity contribution in [3.63, 3.8) is 0 Å². The van der Waals surface area contributed by atoms with Gasteiger partial charge in [0.25, 0.3) is 0 Å². The van der Waals surface area contributed by atoms with Crippen molar-refractivity contribution in [1.29, 1.82) is 0 Å².